The van der Waals surface area contributed by atoms with Gasteiger partial charge >= 0.3 is 0 Å². The number of rotatable bonds is 1. The van der Waals surface area contributed by atoms with Gasteiger partial charge in [-0.2, -0.15) is 0 Å². The summed E-state index contributed by atoms with van der Waals surface area (Å²) in [6.45, 7) is 8.99. The van der Waals surface area contributed by atoms with E-state index in [0.29, 0.717) is 0 Å². The predicted octanol–water partition coefficient (Wildman–Crippen LogP) is 8.57. The van der Waals surface area contributed by atoms with Gasteiger partial charge in [0, 0.05) is 27.7 Å². The Kier molecular flexibility index (Phi) is 3.74. The van der Waals surface area contributed by atoms with E-state index in [1.807, 2.05) is 12.3 Å². The van der Waals surface area contributed by atoms with E-state index in [0.717, 1.165) is 55.4 Å². The molecule has 34 heavy (non-hydrogen) atoms. The molecule has 0 saturated heterocycles. The van der Waals surface area contributed by atoms with Crippen LogP contribution < -0.4 is 0 Å². The van der Waals surface area contributed by atoms with Gasteiger partial charge in [-0.15, -0.1) is 0 Å². The standard InChI is InChI=1S/C31H25FN2/c1-17-5-8-21-19(13-17)14-24-28-27-18(11-12-33-28)6-9-23-22-10-7-20(32)15-26(22)34(30(23)27)29(24)25(21)16-31(2,3)4/h5-15H,16H2,1-4H3. The minimum atomic E-state index is -0.213. The first-order valence-corrected chi connectivity index (χ1v) is 11.9. The molecule has 3 heterocycles. The van der Waals surface area contributed by atoms with Crippen LogP contribution in [0.3, 0.4) is 0 Å². The molecule has 0 saturated carbocycles. The molecule has 0 aliphatic heterocycles. The van der Waals surface area contributed by atoms with Gasteiger partial charge in [0.05, 0.1) is 22.1 Å². The lowest BCUT2D eigenvalue weighted by atomic mass is 9.84. The van der Waals surface area contributed by atoms with Crippen molar-refractivity contribution in [1.82, 2.24) is 9.38 Å². The predicted molar refractivity (Wildman–Crippen MR) is 142 cm³/mol. The van der Waals surface area contributed by atoms with Crippen LogP contribution in [0.4, 0.5) is 4.39 Å². The highest BCUT2D eigenvalue weighted by atomic mass is 19.1. The molecule has 0 atom stereocenters. The molecule has 0 aliphatic carbocycles. The highest BCUT2D eigenvalue weighted by Gasteiger charge is 2.24. The summed E-state index contributed by atoms with van der Waals surface area (Å²) in [5, 5.41) is 8.16. The van der Waals surface area contributed by atoms with Crippen LogP contribution in [0.15, 0.2) is 66.9 Å². The Morgan fingerprint density at radius 2 is 1.59 bits per heavy atom. The molecule has 0 bridgehead atoms. The van der Waals surface area contributed by atoms with Crippen LogP contribution >= 0.6 is 0 Å². The van der Waals surface area contributed by atoms with Crippen LogP contribution in [0.25, 0.3) is 59.8 Å². The molecule has 0 fully saturated rings. The van der Waals surface area contributed by atoms with Crippen LogP contribution in [0.1, 0.15) is 31.9 Å². The largest absolute Gasteiger partial charge is 0.307 e. The van der Waals surface area contributed by atoms with Gasteiger partial charge in [0.2, 0.25) is 0 Å². The Morgan fingerprint density at radius 3 is 2.41 bits per heavy atom. The summed E-state index contributed by atoms with van der Waals surface area (Å²) in [5.41, 5.74) is 6.85. The molecule has 0 radical (unpaired) electrons. The third kappa shape index (κ3) is 2.58. The van der Waals surface area contributed by atoms with Crippen molar-refractivity contribution in [3.63, 3.8) is 0 Å². The van der Waals surface area contributed by atoms with Crippen LogP contribution in [-0.4, -0.2) is 9.38 Å². The van der Waals surface area contributed by atoms with Gasteiger partial charge in [-0.05, 0) is 70.8 Å². The molecule has 0 amide bonds. The molecule has 7 rings (SSSR count). The SMILES string of the molecule is Cc1ccc2c(CC(C)(C)C)c3c(cc2c1)c1nccc2ccc4c5ccc(F)cc5n3c4c21. The smallest absolute Gasteiger partial charge is 0.125 e. The van der Waals surface area contributed by atoms with Gasteiger partial charge in [-0.25, -0.2) is 4.39 Å². The number of aromatic nitrogens is 2. The van der Waals surface area contributed by atoms with Crippen molar-refractivity contribution in [2.75, 3.05) is 0 Å². The zero-order valence-corrected chi connectivity index (χ0v) is 19.8. The zero-order chi connectivity index (χ0) is 23.4. The molecule has 7 aromatic rings. The molecule has 2 nitrogen and oxygen atoms in total. The number of nitrogens with zero attached hydrogens (tertiary/aromatic N) is 2. The fourth-order valence-corrected chi connectivity index (χ4v) is 5.91. The van der Waals surface area contributed by atoms with Gasteiger partial charge in [0.15, 0.2) is 0 Å². The Hall–Kier alpha value is -3.72. The van der Waals surface area contributed by atoms with E-state index in [9.17, 15) is 4.39 Å². The number of halogens is 1. The molecule has 166 valence electrons. The van der Waals surface area contributed by atoms with Crippen molar-refractivity contribution in [3.8, 4) is 0 Å². The first kappa shape index (κ1) is 19.7. The average molecular weight is 445 g/mol. The minimum absolute atomic E-state index is 0.0800. The maximum Gasteiger partial charge on any atom is 0.125 e. The topological polar surface area (TPSA) is 17.3 Å². The normalized spacial score (nSPS) is 13.0. The molecule has 3 heteroatoms. The summed E-state index contributed by atoms with van der Waals surface area (Å²) in [6, 6.07) is 20.6. The number of hydrogen-bond acceptors (Lipinski definition) is 1. The molecular formula is C31H25FN2. The number of benzene rings is 4. The van der Waals surface area contributed by atoms with Crippen LogP contribution in [-0.2, 0) is 6.42 Å². The summed E-state index contributed by atoms with van der Waals surface area (Å²) in [7, 11) is 0. The van der Waals surface area contributed by atoms with Crippen molar-refractivity contribution in [2.24, 2.45) is 5.41 Å². The molecular weight excluding hydrogens is 419 g/mol. The van der Waals surface area contributed by atoms with E-state index in [1.54, 1.807) is 12.1 Å². The lowest BCUT2D eigenvalue weighted by Gasteiger charge is -2.23. The molecule has 0 aliphatic rings. The molecule has 0 N–H and O–H groups in total. The fraction of sp³-hybridized carbons (Fsp3) is 0.194. The van der Waals surface area contributed by atoms with E-state index in [-0.39, 0.29) is 11.2 Å². The van der Waals surface area contributed by atoms with Gasteiger partial charge in [-0.3, -0.25) is 4.98 Å². The van der Waals surface area contributed by atoms with Gasteiger partial charge < -0.3 is 4.40 Å². The number of hydrogen-bond donors (Lipinski definition) is 0. The van der Waals surface area contributed by atoms with Crippen molar-refractivity contribution in [1.29, 1.82) is 0 Å². The van der Waals surface area contributed by atoms with Crippen molar-refractivity contribution in [2.45, 2.75) is 34.1 Å². The number of aryl methyl sites for hydroxylation is 1. The molecule has 4 aromatic carbocycles. The first-order chi connectivity index (χ1) is 16.3. The second-order valence-corrected chi connectivity index (χ2v) is 10.9. The molecule has 3 aromatic heterocycles. The maximum absolute atomic E-state index is 14.6. The van der Waals surface area contributed by atoms with Crippen LogP contribution in [0, 0.1) is 18.2 Å². The molecule has 0 spiro atoms. The van der Waals surface area contributed by atoms with Crippen LogP contribution in [0.5, 0.6) is 0 Å². The highest BCUT2D eigenvalue weighted by Crippen LogP contribution is 2.44. The average Bonchev–Trinajstić information content (AvgIpc) is 3.11. The third-order valence-electron chi connectivity index (χ3n) is 7.18. The van der Waals surface area contributed by atoms with E-state index < -0.39 is 0 Å². The monoisotopic (exact) mass is 444 g/mol. The van der Waals surface area contributed by atoms with Gasteiger partial charge in [0.25, 0.3) is 0 Å². The highest BCUT2D eigenvalue weighted by molar-refractivity contribution is 6.28. The Labute approximate surface area is 197 Å². The first-order valence-electron chi connectivity index (χ1n) is 11.9. The van der Waals surface area contributed by atoms with E-state index in [4.69, 9.17) is 4.98 Å². The summed E-state index contributed by atoms with van der Waals surface area (Å²) in [4.78, 5) is 4.93. The Morgan fingerprint density at radius 1 is 0.794 bits per heavy atom. The quantitative estimate of drug-likeness (QED) is 0.183. The minimum Gasteiger partial charge on any atom is -0.307 e. The van der Waals surface area contributed by atoms with Gasteiger partial charge in [-0.1, -0.05) is 56.7 Å². The Bertz CT molecular complexity index is 1940. The second-order valence-electron chi connectivity index (χ2n) is 10.9. The van der Waals surface area contributed by atoms with E-state index >= 15 is 0 Å². The van der Waals surface area contributed by atoms with Gasteiger partial charge in [0.1, 0.15) is 5.82 Å². The summed E-state index contributed by atoms with van der Waals surface area (Å²) in [5.74, 6) is -0.213. The van der Waals surface area contributed by atoms with Crippen molar-refractivity contribution in [3.05, 3.63) is 83.8 Å². The van der Waals surface area contributed by atoms with Crippen LogP contribution in [0.2, 0.25) is 0 Å². The van der Waals surface area contributed by atoms with E-state index in [2.05, 4.69) is 74.6 Å². The summed E-state index contributed by atoms with van der Waals surface area (Å²) in [6.07, 6.45) is 2.82. The fourth-order valence-electron chi connectivity index (χ4n) is 5.91. The van der Waals surface area contributed by atoms with Crippen molar-refractivity contribution < 1.29 is 4.39 Å². The zero-order valence-electron chi connectivity index (χ0n) is 19.8. The lowest BCUT2D eigenvalue weighted by molar-refractivity contribution is 0.413. The number of pyridine rings is 2. The number of fused-ring (bicyclic) bond motifs is 7. The third-order valence-corrected chi connectivity index (χ3v) is 7.18. The summed E-state index contributed by atoms with van der Waals surface area (Å²) < 4.78 is 17.0. The molecule has 0 unspecified atom stereocenters. The maximum atomic E-state index is 14.6. The lowest BCUT2D eigenvalue weighted by Crippen LogP contribution is -2.11. The summed E-state index contributed by atoms with van der Waals surface area (Å²) >= 11 is 0. The second kappa shape index (κ2) is 6.44. The Balaban J connectivity index is 1.89. The van der Waals surface area contributed by atoms with Crippen molar-refractivity contribution >= 4 is 59.8 Å². The van der Waals surface area contributed by atoms with E-state index in [1.165, 1.54) is 21.9 Å².